The molecule has 0 saturated carbocycles. The van der Waals surface area contributed by atoms with Crippen LogP contribution < -0.4 is 10.6 Å². The third kappa shape index (κ3) is 7.06. The molecule has 0 radical (unpaired) electrons. The molecule has 1 rings (SSSR count). The van der Waals surface area contributed by atoms with Crippen LogP contribution in [0.1, 0.15) is 27.7 Å². The van der Waals surface area contributed by atoms with Crippen molar-refractivity contribution >= 4 is 27.7 Å². The van der Waals surface area contributed by atoms with Crippen LogP contribution in [0.4, 0.5) is 10.5 Å². The Balaban J connectivity index is 2.36. The molecule has 0 spiro atoms. The average Bonchev–Trinajstić information content (AvgIpc) is 2.24. The molecule has 0 saturated heterocycles. The second-order valence-corrected chi connectivity index (χ2v) is 6.35. The summed E-state index contributed by atoms with van der Waals surface area (Å²) >= 11 is 3.42. The van der Waals surface area contributed by atoms with Crippen LogP contribution in [0.2, 0.25) is 0 Å². The van der Waals surface area contributed by atoms with Gasteiger partial charge in [0.1, 0.15) is 5.60 Å². The lowest BCUT2D eigenvalue weighted by Crippen LogP contribution is -2.38. The Morgan fingerprint density at radius 3 is 2.68 bits per heavy atom. The fraction of sp³-hybridized carbons (Fsp3) is 0.500. The zero-order valence-corrected chi connectivity index (χ0v) is 13.4. The first-order chi connectivity index (χ1) is 8.76. The minimum absolute atomic E-state index is 0.113. The third-order valence-electron chi connectivity index (χ3n) is 2.19. The molecule has 1 amide bonds. The van der Waals surface area contributed by atoms with Gasteiger partial charge >= 0.3 is 6.09 Å². The standard InChI is InChI=1S/C14H21BrN2O2/c1-10(9-16-13(18)19-14(2,3)4)17-12-7-5-6-11(15)8-12/h5-8,10,17H,9H2,1-4H3,(H,16,18). The second kappa shape index (κ2) is 6.80. The summed E-state index contributed by atoms with van der Waals surface area (Å²) in [5, 5.41) is 6.04. The summed E-state index contributed by atoms with van der Waals surface area (Å²) in [4.78, 5) is 11.5. The maximum Gasteiger partial charge on any atom is 0.407 e. The van der Waals surface area contributed by atoms with Gasteiger partial charge in [-0.1, -0.05) is 22.0 Å². The first-order valence-electron chi connectivity index (χ1n) is 6.25. The molecule has 0 aromatic heterocycles. The van der Waals surface area contributed by atoms with Crippen molar-refractivity contribution in [3.63, 3.8) is 0 Å². The van der Waals surface area contributed by atoms with Crippen molar-refractivity contribution in [2.24, 2.45) is 0 Å². The smallest absolute Gasteiger partial charge is 0.407 e. The number of carbonyl (C=O) groups is 1. The summed E-state index contributed by atoms with van der Waals surface area (Å²) in [6.45, 7) is 8.03. The molecule has 4 nitrogen and oxygen atoms in total. The Hall–Kier alpha value is -1.23. The number of anilines is 1. The van der Waals surface area contributed by atoms with Gasteiger partial charge in [-0.3, -0.25) is 0 Å². The highest BCUT2D eigenvalue weighted by atomic mass is 79.9. The van der Waals surface area contributed by atoms with E-state index in [4.69, 9.17) is 4.74 Å². The number of rotatable bonds is 4. The van der Waals surface area contributed by atoms with Crippen molar-refractivity contribution in [3.05, 3.63) is 28.7 Å². The van der Waals surface area contributed by atoms with Crippen molar-refractivity contribution < 1.29 is 9.53 Å². The number of amides is 1. The lowest BCUT2D eigenvalue weighted by atomic mass is 10.2. The molecule has 1 aromatic carbocycles. The third-order valence-corrected chi connectivity index (χ3v) is 2.68. The predicted octanol–water partition coefficient (Wildman–Crippen LogP) is 3.77. The van der Waals surface area contributed by atoms with Crippen LogP contribution in [0, 0.1) is 0 Å². The van der Waals surface area contributed by atoms with E-state index in [-0.39, 0.29) is 6.04 Å². The molecule has 106 valence electrons. The maximum absolute atomic E-state index is 11.5. The van der Waals surface area contributed by atoms with E-state index in [1.807, 2.05) is 52.0 Å². The van der Waals surface area contributed by atoms with Gasteiger partial charge in [0.25, 0.3) is 0 Å². The van der Waals surface area contributed by atoms with Crippen LogP contribution in [-0.4, -0.2) is 24.3 Å². The normalized spacial score (nSPS) is 12.7. The molecule has 0 aliphatic carbocycles. The summed E-state index contributed by atoms with van der Waals surface area (Å²) in [6, 6.07) is 8.01. The van der Waals surface area contributed by atoms with E-state index in [0.29, 0.717) is 6.54 Å². The summed E-state index contributed by atoms with van der Waals surface area (Å²) < 4.78 is 6.19. The highest BCUT2D eigenvalue weighted by Crippen LogP contribution is 2.16. The Morgan fingerprint density at radius 2 is 2.11 bits per heavy atom. The molecule has 0 heterocycles. The van der Waals surface area contributed by atoms with Gasteiger partial charge in [-0.05, 0) is 45.9 Å². The van der Waals surface area contributed by atoms with Gasteiger partial charge in [0, 0.05) is 22.7 Å². The highest BCUT2D eigenvalue weighted by molar-refractivity contribution is 9.10. The zero-order valence-electron chi connectivity index (χ0n) is 11.8. The lowest BCUT2D eigenvalue weighted by molar-refractivity contribution is 0.0526. The van der Waals surface area contributed by atoms with Crippen LogP contribution >= 0.6 is 15.9 Å². The number of halogens is 1. The van der Waals surface area contributed by atoms with Crippen molar-refractivity contribution in [2.45, 2.75) is 39.3 Å². The maximum atomic E-state index is 11.5. The van der Waals surface area contributed by atoms with Crippen molar-refractivity contribution in [3.8, 4) is 0 Å². The van der Waals surface area contributed by atoms with E-state index in [0.717, 1.165) is 10.2 Å². The molecule has 0 aliphatic rings. The molecular formula is C14H21BrN2O2. The number of alkyl carbamates (subject to hydrolysis) is 1. The van der Waals surface area contributed by atoms with Gasteiger partial charge in [-0.2, -0.15) is 0 Å². The molecular weight excluding hydrogens is 308 g/mol. The number of hydrogen-bond donors (Lipinski definition) is 2. The molecule has 1 unspecified atom stereocenters. The number of nitrogens with one attached hydrogen (secondary N) is 2. The number of hydrogen-bond acceptors (Lipinski definition) is 3. The molecule has 0 bridgehead atoms. The molecule has 1 atom stereocenters. The minimum atomic E-state index is -0.467. The molecule has 5 heteroatoms. The van der Waals surface area contributed by atoms with E-state index in [1.54, 1.807) is 0 Å². The van der Waals surface area contributed by atoms with Crippen molar-refractivity contribution in [1.82, 2.24) is 5.32 Å². The number of benzene rings is 1. The topological polar surface area (TPSA) is 50.4 Å². The van der Waals surface area contributed by atoms with Crippen LogP contribution in [0.5, 0.6) is 0 Å². The van der Waals surface area contributed by atoms with E-state index in [2.05, 4.69) is 26.6 Å². The second-order valence-electron chi connectivity index (χ2n) is 5.44. The molecule has 0 fully saturated rings. The van der Waals surface area contributed by atoms with Gasteiger partial charge in [0.05, 0.1) is 0 Å². The van der Waals surface area contributed by atoms with Crippen LogP contribution in [0.3, 0.4) is 0 Å². The van der Waals surface area contributed by atoms with Crippen molar-refractivity contribution in [1.29, 1.82) is 0 Å². The monoisotopic (exact) mass is 328 g/mol. The Labute approximate surface area is 123 Å². The van der Waals surface area contributed by atoms with Crippen molar-refractivity contribution in [2.75, 3.05) is 11.9 Å². The van der Waals surface area contributed by atoms with E-state index >= 15 is 0 Å². The fourth-order valence-corrected chi connectivity index (χ4v) is 1.86. The van der Waals surface area contributed by atoms with Gasteiger partial charge in [0.15, 0.2) is 0 Å². The predicted molar refractivity (Wildman–Crippen MR) is 81.5 cm³/mol. The summed E-state index contributed by atoms with van der Waals surface area (Å²) in [5.41, 5.74) is 0.540. The van der Waals surface area contributed by atoms with Crippen LogP contribution in [-0.2, 0) is 4.74 Å². The lowest BCUT2D eigenvalue weighted by Gasteiger charge is -2.21. The quantitative estimate of drug-likeness (QED) is 0.884. The fourth-order valence-electron chi connectivity index (χ4n) is 1.46. The Bertz CT molecular complexity index is 430. The van der Waals surface area contributed by atoms with E-state index < -0.39 is 11.7 Å². The van der Waals surface area contributed by atoms with Crippen LogP contribution in [0.25, 0.3) is 0 Å². The molecule has 2 N–H and O–H groups in total. The summed E-state index contributed by atoms with van der Waals surface area (Å²) in [6.07, 6.45) is -0.393. The average molecular weight is 329 g/mol. The minimum Gasteiger partial charge on any atom is -0.444 e. The molecule has 1 aromatic rings. The first-order valence-corrected chi connectivity index (χ1v) is 7.04. The highest BCUT2D eigenvalue weighted by Gasteiger charge is 2.16. The van der Waals surface area contributed by atoms with Gasteiger partial charge in [0.2, 0.25) is 0 Å². The van der Waals surface area contributed by atoms with Gasteiger partial charge in [-0.25, -0.2) is 4.79 Å². The summed E-state index contributed by atoms with van der Waals surface area (Å²) in [7, 11) is 0. The molecule has 0 aliphatic heterocycles. The zero-order chi connectivity index (χ0) is 14.5. The molecule has 19 heavy (non-hydrogen) atoms. The Morgan fingerprint density at radius 1 is 1.42 bits per heavy atom. The SMILES string of the molecule is CC(CNC(=O)OC(C)(C)C)Nc1cccc(Br)c1. The van der Waals surface area contributed by atoms with E-state index in [9.17, 15) is 4.79 Å². The summed E-state index contributed by atoms with van der Waals surface area (Å²) in [5.74, 6) is 0. The van der Waals surface area contributed by atoms with Gasteiger partial charge < -0.3 is 15.4 Å². The number of ether oxygens (including phenoxy) is 1. The van der Waals surface area contributed by atoms with E-state index in [1.165, 1.54) is 0 Å². The largest absolute Gasteiger partial charge is 0.444 e. The van der Waals surface area contributed by atoms with Gasteiger partial charge in [-0.15, -0.1) is 0 Å². The Kier molecular flexibility index (Phi) is 5.66. The number of carbonyl (C=O) groups excluding carboxylic acids is 1. The van der Waals surface area contributed by atoms with Crippen LogP contribution in [0.15, 0.2) is 28.7 Å². The first kappa shape index (κ1) is 15.8.